The smallest absolute Gasteiger partial charge is 0.127 e. The number of rotatable bonds is 4. The van der Waals surface area contributed by atoms with Crippen LogP contribution in [0, 0.1) is 0 Å². The summed E-state index contributed by atoms with van der Waals surface area (Å²) in [7, 11) is 2.06. The number of hydrogen-bond donors (Lipinski definition) is 1. The lowest BCUT2D eigenvalue weighted by Crippen LogP contribution is -2.40. The molecule has 1 heterocycles. The number of aliphatic hydroxyl groups is 1. The van der Waals surface area contributed by atoms with Crippen LogP contribution in [-0.4, -0.2) is 29.8 Å². The molecule has 2 unspecified atom stereocenters. The average molecular weight is 297 g/mol. The van der Waals surface area contributed by atoms with E-state index in [0.29, 0.717) is 6.61 Å². The van der Waals surface area contributed by atoms with Gasteiger partial charge in [0.1, 0.15) is 18.5 Å². The van der Waals surface area contributed by atoms with Gasteiger partial charge in [0.25, 0.3) is 0 Å². The number of fused-ring (bicyclic) bond motifs is 1. The number of benzene rings is 2. The van der Waals surface area contributed by atoms with E-state index in [0.717, 1.165) is 24.3 Å². The summed E-state index contributed by atoms with van der Waals surface area (Å²) >= 11 is 0. The zero-order valence-electron chi connectivity index (χ0n) is 13.2. The minimum absolute atomic E-state index is 0.0320. The summed E-state index contributed by atoms with van der Waals surface area (Å²) in [6.45, 7) is 3.29. The van der Waals surface area contributed by atoms with E-state index in [1.165, 1.54) is 11.1 Å². The lowest BCUT2D eigenvalue weighted by molar-refractivity contribution is 0.00650. The first-order valence-electron chi connectivity index (χ1n) is 7.87. The average Bonchev–Trinajstić information content (AvgIpc) is 2.54. The van der Waals surface area contributed by atoms with Gasteiger partial charge in [-0.05, 0) is 24.6 Å². The Labute approximate surface area is 132 Å². The second kappa shape index (κ2) is 6.51. The Hall–Kier alpha value is -1.84. The van der Waals surface area contributed by atoms with Crippen LogP contribution in [0.2, 0.25) is 0 Å². The van der Waals surface area contributed by atoms with Crippen LogP contribution in [0.15, 0.2) is 48.5 Å². The molecule has 1 N–H and O–H groups in total. The maximum atomic E-state index is 10.5. The van der Waals surface area contributed by atoms with Crippen molar-refractivity contribution < 1.29 is 9.84 Å². The quantitative estimate of drug-likeness (QED) is 0.941. The second-order valence-corrected chi connectivity index (χ2v) is 5.91. The third-order valence-electron chi connectivity index (χ3n) is 4.34. The Morgan fingerprint density at radius 1 is 1.14 bits per heavy atom. The highest BCUT2D eigenvalue weighted by Crippen LogP contribution is 2.38. The molecular weight excluding hydrogens is 274 g/mol. The Kier molecular flexibility index (Phi) is 4.46. The molecule has 1 aliphatic heterocycles. The highest BCUT2D eigenvalue weighted by molar-refractivity contribution is 5.45. The molecule has 0 fully saturated rings. The molecule has 0 bridgehead atoms. The van der Waals surface area contributed by atoms with E-state index >= 15 is 0 Å². The van der Waals surface area contributed by atoms with E-state index in [4.69, 9.17) is 4.74 Å². The fourth-order valence-electron chi connectivity index (χ4n) is 3.26. The minimum atomic E-state index is -0.506. The van der Waals surface area contributed by atoms with Crippen LogP contribution in [0.3, 0.4) is 0 Å². The third kappa shape index (κ3) is 2.87. The predicted molar refractivity (Wildman–Crippen MR) is 88.0 cm³/mol. The molecule has 3 nitrogen and oxygen atoms in total. The normalized spacial score (nSPS) is 20.5. The Balaban J connectivity index is 1.90. The molecule has 0 aromatic heterocycles. The molecule has 0 radical (unpaired) electrons. The van der Waals surface area contributed by atoms with Gasteiger partial charge in [0.05, 0.1) is 6.04 Å². The zero-order chi connectivity index (χ0) is 15.5. The molecule has 22 heavy (non-hydrogen) atoms. The van der Waals surface area contributed by atoms with Crippen LogP contribution in [0.1, 0.15) is 29.7 Å². The van der Waals surface area contributed by atoms with E-state index in [2.05, 4.69) is 49.2 Å². The number of likely N-dealkylation sites (N-methyl/N-ethyl adjacent to an activating group) is 1. The number of hydrogen-bond acceptors (Lipinski definition) is 3. The summed E-state index contributed by atoms with van der Waals surface area (Å²) in [4.78, 5) is 2.21. The summed E-state index contributed by atoms with van der Waals surface area (Å²) < 4.78 is 5.81. The second-order valence-electron chi connectivity index (χ2n) is 5.91. The molecule has 0 spiro atoms. The maximum Gasteiger partial charge on any atom is 0.127 e. The van der Waals surface area contributed by atoms with Crippen molar-refractivity contribution in [3.63, 3.8) is 0 Å². The molecule has 116 valence electrons. The van der Waals surface area contributed by atoms with E-state index < -0.39 is 6.10 Å². The predicted octanol–water partition coefficient (Wildman–Crippen LogP) is 3.18. The highest BCUT2D eigenvalue weighted by Gasteiger charge is 2.33. The monoisotopic (exact) mass is 297 g/mol. The zero-order valence-corrected chi connectivity index (χ0v) is 13.2. The lowest BCUT2D eigenvalue weighted by atomic mass is 9.93. The van der Waals surface area contributed by atoms with E-state index in [1.807, 2.05) is 18.2 Å². The maximum absolute atomic E-state index is 10.5. The summed E-state index contributed by atoms with van der Waals surface area (Å²) in [5.74, 6) is 0.959. The molecule has 0 aliphatic carbocycles. The molecule has 3 heteroatoms. The van der Waals surface area contributed by atoms with Crippen LogP contribution in [0.25, 0.3) is 0 Å². The van der Waals surface area contributed by atoms with E-state index in [9.17, 15) is 5.11 Å². The van der Waals surface area contributed by atoms with Crippen LogP contribution in [0.5, 0.6) is 5.75 Å². The van der Waals surface area contributed by atoms with Crippen molar-refractivity contribution in [1.29, 1.82) is 0 Å². The molecule has 0 saturated carbocycles. The van der Waals surface area contributed by atoms with Gasteiger partial charge in [-0.2, -0.15) is 0 Å². The summed E-state index contributed by atoms with van der Waals surface area (Å²) in [6.07, 6.45) is 0.433. The molecule has 2 aromatic carbocycles. The van der Waals surface area contributed by atoms with Crippen LogP contribution in [0.4, 0.5) is 0 Å². The molecular formula is C19H23NO2. The fourth-order valence-corrected chi connectivity index (χ4v) is 3.26. The highest BCUT2D eigenvalue weighted by atomic mass is 16.5. The summed E-state index contributed by atoms with van der Waals surface area (Å²) in [5.41, 5.74) is 3.55. The van der Waals surface area contributed by atoms with Gasteiger partial charge in [-0.25, -0.2) is 0 Å². The number of aliphatic hydroxyl groups excluding tert-OH is 1. The van der Waals surface area contributed by atoms with E-state index in [-0.39, 0.29) is 6.04 Å². The topological polar surface area (TPSA) is 32.7 Å². The van der Waals surface area contributed by atoms with Crippen LogP contribution < -0.4 is 4.74 Å². The first-order chi connectivity index (χ1) is 10.7. The molecule has 3 rings (SSSR count). The number of ether oxygens (including phenoxy) is 1. The minimum Gasteiger partial charge on any atom is -0.490 e. The van der Waals surface area contributed by atoms with Crippen molar-refractivity contribution in [2.75, 3.05) is 13.7 Å². The SMILES string of the molecule is CCc1cccc2c1OCC(O)C2N(C)Cc1ccccc1. The first kappa shape index (κ1) is 15.1. The molecule has 1 aliphatic rings. The van der Waals surface area contributed by atoms with E-state index in [1.54, 1.807) is 0 Å². The van der Waals surface area contributed by atoms with Crippen LogP contribution >= 0.6 is 0 Å². The van der Waals surface area contributed by atoms with Crippen molar-refractivity contribution >= 4 is 0 Å². The van der Waals surface area contributed by atoms with Gasteiger partial charge >= 0.3 is 0 Å². The van der Waals surface area contributed by atoms with Gasteiger partial charge < -0.3 is 9.84 Å². The van der Waals surface area contributed by atoms with Gasteiger partial charge in [0.15, 0.2) is 0 Å². The molecule has 2 aromatic rings. The van der Waals surface area contributed by atoms with Crippen molar-refractivity contribution in [2.24, 2.45) is 0 Å². The van der Waals surface area contributed by atoms with Gasteiger partial charge in [-0.15, -0.1) is 0 Å². The van der Waals surface area contributed by atoms with Gasteiger partial charge in [0, 0.05) is 12.1 Å². The number of nitrogens with zero attached hydrogens (tertiary/aromatic N) is 1. The van der Waals surface area contributed by atoms with Gasteiger partial charge in [-0.3, -0.25) is 4.90 Å². The van der Waals surface area contributed by atoms with Gasteiger partial charge in [-0.1, -0.05) is 55.5 Å². The van der Waals surface area contributed by atoms with Crippen molar-refractivity contribution in [3.05, 3.63) is 65.2 Å². The van der Waals surface area contributed by atoms with Crippen LogP contribution in [-0.2, 0) is 13.0 Å². The summed E-state index contributed by atoms with van der Waals surface area (Å²) in [5, 5.41) is 10.5. The first-order valence-corrected chi connectivity index (χ1v) is 7.87. The standard InChI is InChI=1S/C19H23NO2/c1-3-15-10-7-11-16-18(17(21)13-22-19(15)16)20(2)12-14-8-5-4-6-9-14/h4-11,17-18,21H,3,12-13H2,1-2H3. The largest absolute Gasteiger partial charge is 0.490 e. The van der Waals surface area contributed by atoms with Crippen molar-refractivity contribution in [2.45, 2.75) is 32.0 Å². The van der Waals surface area contributed by atoms with Crippen molar-refractivity contribution in [3.8, 4) is 5.75 Å². The Morgan fingerprint density at radius 2 is 1.91 bits per heavy atom. The molecule has 0 amide bonds. The Bertz CT molecular complexity index is 627. The third-order valence-corrected chi connectivity index (χ3v) is 4.34. The summed E-state index contributed by atoms with van der Waals surface area (Å²) in [6, 6.07) is 16.6. The van der Waals surface area contributed by atoms with Crippen molar-refractivity contribution in [1.82, 2.24) is 4.90 Å². The van der Waals surface area contributed by atoms with Gasteiger partial charge in [0.2, 0.25) is 0 Å². The number of para-hydroxylation sites is 1. The number of aryl methyl sites for hydroxylation is 1. The Morgan fingerprint density at radius 3 is 2.64 bits per heavy atom. The molecule has 0 saturated heterocycles. The fraction of sp³-hybridized carbons (Fsp3) is 0.368. The molecule has 2 atom stereocenters. The lowest BCUT2D eigenvalue weighted by Gasteiger charge is -2.37.